The summed E-state index contributed by atoms with van der Waals surface area (Å²) in [5.74, 6) is -0.888. The van der Waals surface area contributed by atoms with E-state index >= 15 is 0 Å². The van der Waals surface area contributed by atoms with Gasteiger partial charge in [-0.25, -0.2) is 0 Å². The van der Waals surface area contributed by atoms with Gasteiger partial charge in [0.1, 0.15) is 6.54 Å². The van der Waals surface area contributed by atoms with Crippen molar-refractivity contribution in [1.82, 2.24) is 10.6 Å². The molecule has 0 spiro atoms. The lowest BCUT2D eigenvalue weighted by Crippen LogP contribution is -2.46. The molecule has 3 rings (SSSR count). The fourth-order valence-corrected chi connectivity index (χ4v) is 3.82. The third-order valence-corrected chi connectivity index (χ3v) is 5.76. The van der Waals surface area contributed by atoms with Gasteiger partial charge < -0.3 is 15.4 Å². The van der Waals surface area contributed by atoms with Crippen molar-refractivity contribution in [3.05, 3.63) is 60.2 Å². The molecule has 31 heavy (non-hydrogen) atoms. The van der Waals surface area contributed by atoms with Crippen LogP contribution >= 0.6 is 0 Å². The second-order valence-corrected chi connectivity index (χ2v) is 8.13. The van der Waals surface area contributed by atoms with Crippen LogP contribution in [0.2, 0.25) is 0 Å². The van der Waals surface area contributed by atoms with Gasteiger partial charge in [-0.3, -0.25) is 14.4 Å². The van der Waals surface area contributed by atoms with Crippen LogP contribution in [0.1, 0.15) is 49.9 Å². The zero-order chi connectivity index (χ0) is 22.2. The largest absolute Gasteiger partial charge is 0.451 e. The predicted molar refractivity (Wildman–Crippen MR) is 119 cm³/mol. The molecule has 0 aliphatic heterocycles. The van der Waals surface area contributed by atoms with Crippen LogP contribution in [-0.2, 0) is 14.3 Å². The van der Waals surface area contributed by atoms with Crippen LogP contribution in [0.5, 0.6) is 0 Å². The highest BCUT2D eigenvalue weighted by atomic mass is 16.5. The highest BCUT2D eigenvalue weighted by molar-refractivity contribution is 5.96. The minimum absolute atomic E-state index is 0.126. The van der Waals surface area contributed by atoms with Crippen LogP contribution in [0, 0.1) is 5.92 Å². The van der Waals surface area contributed by atoms with Gasteiger partial charge in [-0.05, 0) is 48.9 Å². The number of esters is 1. The first-order valence-corrected chi connectivity index (χ1v) is 10.9. The molecule has 2 aromatic rings. The molecule has 3 atom stereocenters. The second-order valence-electron chi connectivity index (χ2n) is 8.13. The van der Waals surface area contributed by atoms with E-state index in [9.17, 15) is 14.4 Å². The topological polar surface area (TPSA) is 84.5 Å². The van der Waals surface area contributed by atoms with Crippen LogP contribution in [0.3, 0.4) is 0 Å². The Kier molecular flexibility index (Phi) is 7.82. The maximum absolute atomic E-state index is 12.3. The van der Waals surface area contributed by atoms with Crippen LogP contribution < -0.4 is 10.6 Å². The van der Waals surface area contributed by atoms with Gasteiger partial charge >= 0.3 is 5.97 Å². The van der Waals surface area contributed by atoms with E-state index in [1.807, 2.05) is 42.5 Å². The van der Waals surface area contributed by atoms with E-state index < -0.39 is 12.1 Å². The average Bonchev–Trinajstić information content (AvgIpc) is 2.79. The number of hydrogen-bond donors (Lipinski definition) is 2. The third kappa shape index (κ3) is 6.41. The molecule has 3 unspecified atom stereocenters. The van der Waals surface area contributed by atoms with Crippen LogP contribution in [0.4, 0.5) is 0 Å². The van der Waals surface area contributed by atoms with E-state index in [1.54, 1.807) is 19.1 Å². The average molecular weight is 423 g/mol. The number of ether oxygens (including phenoxy) is 1. The van der Waals surface area contributed by atoms with Crippen molar-refractivity contribution in [2.45, 2.75) is 51.7 Å². The minimum Gasteiger partial charge on any atom is -0.451 e. The predicted octanol–water partition coefficient (Wildman–Crippen LogP) is 3.71. The van der Waals surface area contributed by atoms with Crippen molar-refractivity contribution in [3.8, 4) is 11.1 Å². The van der Waals surface area contributed by atoms with Gasteiger partial charge in [-0.15, -0.1) is 0 Å². The first kappa shape index (κ1) is 22.5. The van der Waals surface area contributed by atoms with Crippen molar-refractivity contribution in [3.63, 3.8) is 0 Å². The molecule has 0 bridgehead atoms. The molecule has 2 aromatic carbocycles. The summed E-state index contributed by atoms with van der Waals surface area (Å²) in [5.41, 5.74) is 2.51. The van der Waals surface area contributed by atoms with Crippen molar-refractivity contribution >= 4 is 17.8 Å². The van der Waals surface area contributed by atoms with Crippen LogP contribution in [-0.4, -0.2) is 36.5 Å². The van der Waals surface area contributed by atoms with E-state index in [4.69, 9.17) is 4.74 Å². The van der Waals surface area contributed by atoms with Gasteiger partial charge in [0.15, 0.2) is 6.10 Å². The van der Waals surface area contributed by atoms with E-state index in [1.165, 1.54) is 6.42 Å². The molecule has 1 aliphatic carbocycles. The molecule has 2 N–H and O–H groups in total. The number of carbonyl (C=O) groups is 3. The Balaban J connectivity index is 1.44. The van der Waals surface area contributed by atoms with Gasteiger partial charge in [-0.1, -0.05) is 62.2 Å². The molecule has 0 heterocycles. The molecule has 6 nitrogen and oxygen atoms in total. The standard InChI is InChI=1S/C25H30N2O4/c1-17-8-6-7-11-22(17)27-24(29)18(2)31-23(28)16-26-25(30)21-14-12-20(13-15-21)19-9-4-3-5-10-19/h3-5,9-10,12-15,17-18,22H,6-8,11,16H2,1-2H3,(H,26,30)(H,27,29). The number of hydrogen-bond acceptors (Lipinski definition) is 4. The van der Waals surface area contributed by atoms with Gasteiger partial charge in [0, 0.05) is 11.6 Å². The number of rotatable bonds is 7. The first-order valence-electron chi connectivity index (χ1n) is 10.9. The quantitative estimate of drug-likeness (QED) is 0.666. The molecule has 1 fully saturated rings. The molecule has 1 saturated carbocycles. The molecular formula is C25H30N2O4. The van der Waals surface area contributed by atoms with Crippen LogP contribution in [0.25, 0.3) is 11.1 Å². The number of amides is 2. The van der Waals surface area contributed by atoms with Crippen molar-refractivity contribution in [2.75, 3.05) is 6.54 Å². The molecule has 0 radical (unpaired) electrons. The summed E-state index contributed by atoms with van der Waals surface area (Å²) in [7, 11) is 0. The summed E-state index contributed by atoms with van der Waals surface area (Å²) >= 11 is 0. The summed E-state index contributed by atoms with van der Waals surface area (Å²) < 4.78 is 5.19. The zero-order valence-corrected chi connectivity index (χ0v) is 18.1. The zero-order valence-electron chi connectivity index (χ0n) is 18.1. The SMILES string of the molecule is CC(OC(=O)CNC(=O)c1ccc(-c2ccccc2)cc1)C(=O)NC1CCCCC1C. The van der Waals surface area contributed by atoms with Crippen molar-refractivity contribution in [2.24, 2.45) is 5.92 Å². The molecule has 1 aliphatic rings. The third-order valence-electron chi connectivity index (χ3n) is 5.76. The summed E-state index contributed by atoms with van der Waals surface area (Å²) in [6, 6.07) is 17.1. The fourth-order valence-electron chi connectivity index (χ4n) is 3.82. The lowest BCUT2D eigenvalue weighted by atomic mass is 9.86. The highest BCUT2D eigenvalue weighted by Gasteiger charge is 2.26. The maximum atomic E-state index is 12.3. The van der Waals surface area contributed by atoms with E-state index in [0.717, 1.165) is 30.4 Å². The van der Waals surface area contributed by atoms with Gasteiger partial charge in [0.25, 0.3) is 11.8 Å². The van der Waals surface area contributed by atoms with Crippen molar-refractivity contribution < 1.29 is 19.1 Å². The number of carbonyl (C=O) groups excluding carboxylic acids is 3. The Morgan fingerprint density at radius 3 is 2.29 bits per heavy atom. The van der Waals surface area contributed by atoms with Gasteiger partial charge in [0.05, 0.1) is 0 Å². The smallest absolute Gasteiger partial charge is 0.326 e. The first-order chi connectivity index (χ1) is 14.9. The van der Waals surface area contributed by atoms with Gasteiger partial charge in [-0.2, -0.15) is 0 Å². The Hall–Kier alpha value is -3.15. The summed E-state index contributed by atoms with van der Waals surface area (Å²) in [4.78, 5) is 36.7. The Labute approximate surface area is 183 Å². The normalized spacial score (nSPS) is 19.2. The minimum atomic E-state index is -0.899. The Morgan fingerprint density at radius 1 is 0.968 bits per heavy atom. The molecule has 164 valence electrons. The number of benzene rings is 2. The fraction of sp³-hybridized carbons (Fsp3) is 0.400. The van der Waals surface area contributed by atoms with Gasteiger partial charge in [0.2, 0.25) is 0 Å². The monoisotopic (exact) mass is 422 g/mol. The molecule has 2 amide bonds. The van der Waals surface area contributed by atoms with E-state index in [-0.39, 0.29) is 24.4 Å². The number of nitrogens with one attached hydrogen (secondary N) is 2. The summed E-state index contributed by atoms with van der Waals surface area (Å²) in [6.45, 7) is 3.38. The Morgan fingerprint density at radius 2 is 1.61 bits per heavy atom. The highest BCUT2D eigenvalue weighted by Crippen LogP contribution is 2.24. The Bertz CT molecular complexity index is 895. The summed E-state index contributed by atoms with van der Waals surface area (Å²) in [5, 5.41) is 5.53. The lowest BCUT2D eigenvalue weighted by Gasteiger charge is -2.30. The second kappa shape index (κ2) is 10.8. The molecular weight excluding hydrogens is 392 g/mol. The van der Waals surface area contributed by atoms with Crippen LogP contribution in [0.15, 0.2) is 54.6 Å². The molecule has 0 saturated heterocycles. The maximum Gasteiger partial charge on any atom is 0.326 e. The molecule has 6 heteroatoms. The lowest BCUT2D eigenvalue weighted by molar-refractivity contribution is -0.154. The van der Waals surface area contributed by atoms with Crippen molar-refractivity contribution in [1.29, 1.82) is 0 Å². The van der Waals surface area contributed by atoms with E-state index in [0.29, 0.717) is 11.5 Å². The van der Waals surface area contributed by atoms with E-state index in [2.05, 4.69) is 17.6 Å². The molecule has 0 aromatic heterocycles. The summed E-state index contributed by atoms with van der Waals surface area (Å²) in [6.07, 6.45) is 3.43.